The van der Waals surface area contributed by atoms with Gasteiger partial charge < -0.3 is 0 Å². The van der Waals surface area contributed by atoms with Crippen molar-refractivity contribution >= 4 is 43.1 Å². The van der Waals surface area contributed by atoms with Crippen molar-refractivity contribution in [2.24, 2.45) is 0 Å². The summed E-state index contributed by atoms with van der Waals surface area (Å²) in [7, 11) is -6.11. The van der Waals surface area contributed by atoms with Crippen LogP contribution in [-0.2, 0) is 0 Å². The van der Waals surface area contributed by atoms with Crippen molar-refractivity contribution in [1.29, 1.82) is 0 Å². The average Bonchev–Trinajstić information content (AvgIpc) is 2.65. The molecule has 0 aliphatic heterocycles. The van der Waals surface area contributed by atoms with Gasteiger partial charge in [0.05, 0.1) is 0 Å². The zero-order chi connectivity index (χ0) is 25.9. The van der Waals surface area contributed by atoms with Gasteiger partial charge in [0.2, 0.25) is 0 Å². The molecule has 0 N–H and O–H groups in total. The third-order valence-corrected chi connectivity index (χ3v) is 7.97. The number of hydrogen-bond acceptors (Lipinski definition) is 0. The highest BCUT2D eigenvalue weighted by Crippen LogP contribution is 2.27. The molecular formula is C30H40Si4. The van der Waals surface area contributed by atoms with Crippen LogP contribution in [-0.4, -0.2) is 32.3 Å². The van der Waals surface area contributed by atoms with Gasteiger partial charge in [-0.25, -0.2) is 0 Å². The Kier molecular flexibility index (Phi) is 8.41. The van der Waals surface area contributed by atoms with Gasteiger partial charge >= 0.3 is 0 Å². The van der Waals surface area contributed by atoms with E-state index in [0.29, 0.717) is 0 Å². The summed E-state index contributed by atoms with van der Waals surface area (Å²) in [5.41, 5.74) is 18.4. The van der Waals surface area contributed by atoms with Crippen LogP contribution in [0.1, 0.15) is 22.3 Å². The van der Waals surface area contributed by atoms with E-state index in [1.165, 1.54) is 0 Å². The van der Waals surface area contributed by atoms with Crippen LogP contribution in [0.15, 0.2) is 24.3 Å². The lowest BCUT2D eigenvalue weighted by molar-refractivity contribution is 1.60. The summed E-state index contributed by atoms with van der Waals surface area (Å²) in [5, 5.41) is 2.29. The van der Waals surface area contributed by atoms with Crippen LogP contribution in [0.4, 0.5) is 0 Å². The zero-order valence-electron chi connectivity index (χ0n) is 23.3. The summed E-state index contributed by atoms with van der Waals surface area (Å²) >= 11 is 0. The minimum atomic E-state index is -1.55. The van der Waals surface area contributed by atoms with E-state index in [1.54, 1.807) is 0 Å². The van der Waals surface area contributed by atoms with Gasteiger partial charge in [-0.1, -0.05) is 114 Å². The number of benzene rings is 2. The molecule has 4 heteroatoms. The lowest BCUT2D eigenvalue weighted by Crippen LogP contribution is -2.17. The van der Waals surface area contributed by atoms with Crippen molar-refractivity contribution in [1.82, 2.24) is 0 Å². The van der Waals surface area contributed by atoms with Crippen LogP contribution in [0.5, 0.6) is 0 Å². The smallest absolute Gasteiger partial charge is 0.127 e. The molecule has 0 bridgehead atoms. The predicted octanol–water partition coefficient (Wildman–Crippen LogP) is 7.76. The predicted molar refractivity (Wildman–Crippen MR) is 165 cm³/mol. The molecule has 0 atom stereocenters. The van der Waals surface area contributed by atoms with Gasteiger partial charge in [-0.3, -0.25) is 0 Å². The molecule has 2 rings (SSSR count). The van der Waals surface area contributed by atoms with Gasteiger partial charge in [-0.05, 0) is 22.9 Å². The van der Waals surface area contributed by atoms with Gasteiger partial charge in [0.25, 0.3) is 0 Å². The van der Waals surface area contributed by atoms with E-state index in [-0.39, 0.29) is 0 Å². The minimum absolute atomic E-state index is 1.03. The molecule has 0 fully saturated rings. The van der Waals surface area contributed by atoms with Crippen molar-refractivity contribution in [3.63, 3.8) is 0 Å². The Morgan fingerprint density at radius 1 is 0.382 bits per heavy atom. The van der Waals surface area contributed by atoms with E-state index in [4.69, 9.17) is 0 Å². The summed E-state index contributed by atoms with van der Waals surface area (Å²) in [5.74, 6) is 14.1. The van der Waals surface area contributed by atoms with E-state index >= 15 is 0 Å². The largest absolute Gasteiger partial charge is 0.129 e. The SMILES string of the molecule is C[Si](C)(C)C#Cc1ccc2c(C#C[Si](C)(C)C)c(C#C[Si](C)(C)C)ccc2c1C#C[Si](C)(C)C. The lowest BCUT2D eigenvalue weighted by Gasteiger charge is -2.12. The van der Waals surface area contributed by atoms with Crippen LogP contribution in [0.3, 0.4) is 0 Å². The molecule has 2 aromatic rings. The molecule has 0 heterocycles. The Morgan fingerprint density at radius 2 is 0.647 bits per heavy atom. The summed E-state index contributed by atoms with van der Waals surface area (Å²) in [6.07, 6.45) is 0. The molecule has 0 spiro atoms. The van der Waals surface area contributed by atoms with Gasteiger partial charge in [0.1, 0.15) is 32.3 Å². The second-order valence-corrected chi connectivity index (χ2v) is 32.1. The first kappa shape index (κ1) is 28.0. The van der Waals surface area contributed by atoms with Crippen molar-refractivity contribution in [3.8, 4) is 45.9 Å². The van der Waals surface area contributed by atoms with Crippen LogP contribution >= 0.6 is 0 Å². The Labute approximate surface area is 213 Å². The fourth-order valence-corrected chi connectivity index (χ4v) is 4.91. The molecule has 0 radical (unpaired) electrons. The normalized spacial score (nSPS) is 11.8. The van der Waals surface area contributed by atoms with E-state index in [1.807, 2.05) is 0 Å². The van der Waals surface area contributed by atoms with Gasteiger partial charge in [-0.15, -0.1) is 22.2 Å². The molecule has 0 nitrogen and oxygen atoms in total. The Bertz CT molecular complexity index is 1230. The molecular weight excluding hydrogens is 473 g/mol. The average molecular weight is 513 g/mol. The summed E-state index contributed by atoms with van der Waals surface area (Å²) < 4.78 is 0. The monoisotopic (exact) mass is 512 g/mol. The Balaban J connectivity index is 2.99. The highest BCUT2D eigenvalue weighted by atomic mass is 28.3. The van der Waals surface area contributed by atoms with E-state index in [9.17, 15) is 0 Å². The van der Waals surface area contributed by atoms with Gasteiger partial charge in [0.15, 0.2) is 0 Å². The summed E-state index contributed by atoms with van der Waals surface area (Å²) in [4.78, 5) is 0. The number of hydrogen-bond donors (Lipinski definition) is 0. The summed E-state index contributed by atoms with van der Waals surface area (Å²) in [6.45, 7) is 27.4. The number of fused-ring (bicyclic) bond motifs is 1. The number of rotatable bonds is 0. The van der Waals surface area contributed by atoms with E-state index in [2.05, 4.69) is 149 Å². The first-order chi connectivity index (χ1) is 15.3. The molecule has 0 saturated carbocycles. The fraction of sp³-hybridized carbons (Fsp3) is 0.400. The first-order valence-electron chi connectivity index (χ1n) is 12.1. The van der Waals surface area contributed by atoms with Crippen molar-refractivity contribution in [2.45, 2.75) is 78.6 Å². The molecule has 0 amide bonds. The maximum absolute atomic E-state index is 3.58. The zero-order valence-corrected chi connectivity index (χ0v) is 27.3. The third kappa shape index (κ3) is 9.22. The molecule has 0 aromatic heterocycles. The van der Waals surface area contributed by atoms with Crippen LogP contribution in [0.2, 0.25) is 78.6 Å². The highest BCUT2D eigenvalue weighted by molar-refractivity contribution is 6.85. The first-order valence-corrected chi connectivity index (χ1v) is 26.1. The van der Waals surface area contributed by atoms with Crippen molar-refractivity contribution < 1.29 is 0 Å². The standard InChI is InChI=1S/C30H40Si4/c1-31(2,3)21-17-25-13-15-30-28(20-24-34(10,11)12)26(18-22-32(4,5)6)14-16-29(30)27(25)19-23-33(7,8)9/h13-16H,1-12H3. The topological polar surface area (TPSA) is 0 Å². The molecule has 0 aliphatic carbocycles. The maximum Gasteiger partial charge on any atom is 0.129 e. The van der Waals surface area contributed by atoms with Crippen LogP contribution < -0.4 is 0 Å². The van der Waals surface area contributed by atoms with Gasteiger partial charge in [-0.2, -0.15) is 0 Å². The molecule has 34 heavy (non-hydrogen) atoms. The van der Waals surface area contributed by atoms with Crippen molar-refractivity contribution in [2.75, 3.05) is 0 Å². The van der Waals surface area contributed by atoms with Crippen LogP contribution in [0.25, 0.3) is 10.8 Å². The Morgan fingerprint density at radius 3 is 0.912 bits per heavy atom. The van der Waals surface area contributed by atoms with Crippen molar-refractivity contribution in [3.05, 3.63) is 46.5 Å². The molecule has 0 saturated heterocycles. The quantitative estimate of drug-likeness (QED) is 0.250. The second kappa shape index (κ2) is 10.2. The van der Waals surface area contributed by atoms with E-state index < -0.39 is 32.3 Å². The van der Waals surface area contributed by atoms with E-state index in [0.717, 1.165) is 33.0 Å². The molecule has 0 unspecified atom stereocenters. The second-order valence-electron chi connectivity index (χ2n) is 13.1. The van der Waals surface area contributed by atoms with Gasteiger partial charge in [0, 0.05) is 22.3 Å². The van der Waals surface area contributed by atoms with Crippen LogP contribution in [0, 0.1) is 45.9 Å². The molecule has 0 aliphatic rings. The molecule has 176 valence electrons. The Hall–Kier alpha value is -2.19. The summed E-state index contributed by atoms with van der Waals surface area (Å²) in [6, 6.07) is 8.69. The minimum Gasteiger partial charge on any atom is -0.127 e. The lowest BCUT2D eigenvalue weighted by atomic mass is 9.94. The fourth-order valence-electron chi connectivity index (χ4n) is 2.89. The third-order valence-electron chi connectivity index (χ3n) is 4.47. The maximum atomic E-state index is 3.58. The highest BCUT2D eigenvalue weighted by Gasteiger charge is 2.15. The molecule has 2 aromatic carbocycles.